The molecular formula is C26H41NO6. The zero-order valence-electron chi connectivity index (χ0n) is 20.0. The molecule has 2 N–H and O–H groups in total. The Kier molecular flexibility index (Phi) is 18.3. The van der Waals surface area contributed by atoms with Crippen LogP contribution in [-0.4, -0.2) is 32.6 Å². The molecule has 0 saturated heterocycles. The Morgan fingerprint density at radius 1 is 0.727 bits per heavy atom. The maximum atomic E-state index is 11.6. The van der Waals surface area contributed by atoms with E-state index in [-0.39, 0.29) is 32.1 Å². The van der Waals surface area contributed by atoms with Crippen LogP contribution in [0.4, 0.5) is 0 Å². The molecule has 0 bridgehead atoms. The van der Waals surface area contributed by atoms with E-state index in [4.69, 9.17) is 10.2 Å². The van der Waals surface area contributed by atoms with Crippen molar-refractivity contribution in [2.24, 2.45) is 0 Å². The average Bonchev–Trinajstić information content (AvgIpc) is 2.76. The number of nitrogens with zero attached hydrogens (tertiary/aromatic N) is 1. The van der Waals surface area contributed by atoms with E-state index in [1.807, 2.05) is 12.2 Å². The van der Waals surface area contributed by atoms with Gasteiger partial charge in [-0.1, -0.05) is 68.4 Å². The van der Waals surface area contributed by atoms with Crippen LogP contribution >= 0.6 is 0 Å². The molecule has 7 heteroatoms. The molecule has 0 aromatic rings. The average molecular weight is 464 g/mol. The lowest BCUT2D eigenvalue weighted by Crippen LogP contribution is -2.39. The molecule has 0 aliphatic rings. The minimum atomic E-state index is -1.50. The number of allylic oxidation sites excluding steroid dienone is 8. The second-order valence-electron chi connectivity index (χ2n) is 8.25. The summed E-state index contributed by atoms with van der Waals surface area (Å²) in [6, 6.07) is 0. The molecule has 33 heavy (non-hydrogen) atoms. The zero-order chi connectivity index (χ0) is 24.8. The SMILES string of the molecule is CCCCC/C=C\C/C=C\C/C=C\C/C=C\CCCC(CCC(=O)O)(CCC(=O)O)[N+](=O)[O-]. The van der Waals surface area contributed by atoms with Crippen LogP contribution in [0.5, 0.6) is 0 Å². The summed E-state index contributed by atoms with van der Waals surface area (Å²) >= 11 is 0. The third-order valence-corrected chi connectivity index (χ3v) is 5.47. The van der Waals surface area contributed by atoms with Crippen LogP contribution in [0.25, 0.3) is 0 Å². The fraction of sp³-hybridized carbons (Fsp3) is 0.615. The topological polar surface area (TPSA) is 118 Å². The molecule has 0 fully saturated rings. The van der Waals surface area contributed by atoms with E-state index in [0.717, 1.165) is 25.7 Å². The molecule has 7 nitrogen and oxygen atoms in total. The van der Waals surface area contributed by atoms with E-state index in [0.29, 0.717) is 12.8 Å². The Balaban J connectivity index is 4.23. The predicted molar refractivity (Wildman–Crippen MR) is 132 cm³/mol. The Morgan fingerprint density at radius 2 is 1.15 bits per heavy atom. The Labute approximate surface area is 198 Å². The molecule has 0 aliphatic heterocycles. The van der Waals surface area contributed by atoms with E-state index >= 15 is 0 Å². The van der Waals surface area contributed by atoms with Crippen molar-refractivity contribution in [3.8, 4) is 0 Å². The highest BCUT2D eigenvalue weighted by Crippen LogP contribution is 2.30. The van der Waals surface area contributed by atoms with Crippen molar-refractivity contribution in [2.45, 2.75) is 102 Å². The summed E-state index contributed by atoms with van der Waals surface area (Å²) in [6.07, 6.45) is 24.8. The van der Waals surface area contributed by atoms with Gasteiger partial charge in [0.2, 0.25) is 5.54 Å². The molecule has 186 valence electrons. The molecule has 0 spiro atoms. The molecule has 0 aromatic heterocycles. The van der Waals surface area contributed by atoms with Crippen LogP contribution in [0.2, 0.25) is 0 Å². The summed E-state index contributed by atoms with van der Waals surface area (Å²) in [4.78, 5) is 32.9. The van der Waals surface area contributed by atoms with Gasteiger partial charge in [-0.05, 0) is 44.9 Å². The van der Waals surface area contributed by atoms with Gasteiger partial charge in [0.15, 0.2) is 0 Å². The molecule has 0 saturated carbocycles. The number of nitro groups is 1. The second-order valence-corrected chi connectivity index (χ2v) is 8.25. The van der Waals surface area contributed by atoms with Crippen LogP contribution in [0.3, 0.4) is 0 Å². The third kappa shape index (κ3) is 17.5. The fourth-order valence-electron chi connectivity index (χ4n) is 3.44. The van der Waals surface area contributed by atoms with Crippen LogP contribution in [0, 0.1) is 10.1 Å². The lowest BCUT2D eigenvalue weighted by molar-refractivity contribution is -0.574. The lowest BCUT2D eigenvalue weighted by atomic mass is 9.84. The fourth-order valence-corrected chi connectivity index (χ4v) is 3.44. The summed E-state index contributed by atoms with van der Waals surface area (Å²) in [7, 11) is 0. The first-order valence-electron chi connectivity index (χ1n) is 12.0. The number of carbonyl (C=O) groups is 2. The van der Waals surface area contributed by atoms with Gasteiger partial charge in [-0.2, -0.15) is 0 Å². The van der Waals surface area contributed by atoms with E-state index in [9.17, 15) is 19.7 Å². The smallest absolute Gasteiger partial charge is 0.303 e. The van der Waals surface area contributed by atoms with Crippen molar-refractivity contribution >= 4 is 11.9 Å². The highest BCUT2D eigenvalue weighted by molar-refractivity contribution is 5.67. The minimum absolute atomic E-state index is 0.156. The van der Waals surface area contributed by atoms with Gasteiger partial charge in [0.05, 0.1) is 12.8 Å². The second kappa shape index (κ2) is 19.9. The summed E-state index contributed by atoms with van der Waals surface area (Å²) in [5, 5.41) is 29.4. The predicted octanol–water partition coefficient (Wildman–Crippen LogP) is 6.88. The van der Waals surface area contributed by atoms with Gasteiger partial charge in [-0.3, -0.25) is 19.7 Å². The largest absolute Gasteiger partial charge is 0.481 e. The van der Waals surface area contributed by atoms with Gasteiger partial charge < -0.3 is 10.2 Å². The molecule has 0 radical (unpaired) electrons. The highest BCUT2D eigenvalue weighted by atomic mass is 16.6. The Morgan fingerprint density at radius 3 is 1.55 bits per heavy atom. The molecule has 0 unspecified atom stereocenters. The standard InChI is InChI=1S/C26H41NO6/c1-2-3-4-5-6-7-8-9-10-11-12-13-14-15-16-17-18-21-26(27(32)33,22-19-24(28)29)23-20-25(30)31/h6-7,9-10,12-13,15-16H,2-5,8,11,14,17-23H2,1H3,(H,28,29)(H,30,31)/b7-6-,10-9-,13-12-,16-15-. The van der Waals surface area contributed by atoms with Crippen molar-refractivity contribution in [2.75, 3.05) is 0 Å². The van der Waals surface area contributed by atoms with Crippen molar-refractivity contribution in [1.29, 1.82) is 0 Å². The summed E-state index contributed by atoms with van der Waals surface area (Å²) < 4.78 is 0. The van der Waals surface area contributed by atoms with Crippen LogP contribution in [-0.2, 0) is 9.59 Å². The molecule has 0 rings (SSSR count). The normalized spacial score (nSPS) is 12.5. The molecule has 0 heterocycles. The number of aliphatic carboxylic acids is 2. The monoisotopic (exact) mass is 463 g/mol. The number of hydrogen-bond donors (Lipinski definition) is 2. The van der Waals surface area contributed by atoms with Gasteiger partial charge in [-0.25, -0.2) is 0 Å². The highest BCUT2D eigenvalue weighted by Gasteiger charge is 2.42. The molecule has 0 amide bonds. The first-order chi connectivity index (χ1) is 15.8. The van der Waals surface area contributed by atoms with Gasteiger partial charge in [0, 0.05) is 24.2 Å². The molecule has 0 aliphatic carbocycles. The molecular weight excluding hydrogens is 422 g/mol. The van der Waals surface area contributed by atoms with Crippen LogP contribution < -0.4 is 0 Å². The lowest BCUT2D eigenvalue weighted by Gasteiger charge is -2.24. The number of unbranched alkanes of at least 4 members (excludes halogenated alkanes) is 4. The van der Waals surface area contributed by atoms with E-state index in [2.05, 4.69) is 43.4 Å². The first-order valence-corrected chi connectivity index (χ1v) is 12.0. The van der Waals surface area contributed by atoms with Crippen molar-refractivity contribution in [3.63, 3.8) is 0 Å². The van der Waals surface area contributed by atoms with Crippen molar-refractivity contribution in [3.05, 3.63) is 58.7 Å². The van der Waals surface area contributed by atoms with E-state index in [1.54, 1.807) is 0 Å². The number of hydrogen-bond acceptors (Lipinski definition) is 4. The van der Waals surface area contributed by atoms with E-state index in [1.165, 1.54) is 19.3 Å². The molecule has 0 aromatic carbocycles. The number of carboxylic acid groups (broad SMARTS) is 2. The first kappa shape index (κ1) is 30.3. The Bertz CT molecular complexity index is 660. The van der Waals surface area contributed by atoms with Crippen LogP contribution in [0.1, 0.15) is 96.8 Å². The van der Waals surface area contributed by atoms with Gasteiger partial charge >= 0.3 is 11.9 Å². The zero-order valence-corrected chi connectivity index (χ0v) is 20.0. The number of carboxylic acids is 2. The van der Waals surface area contributed by atoms with E-state index < -0.39 is 22.4 Å². The van der Waals surface area contributed by atoms with Gasteiger partial charge in [0.1, 0.15) is 0 Å². The maximum absolute atomic E-state index is 11.6. The summed E-state index contributed by atoms with van der Waals surface area (Å²) in [5.41, 5.74) is -1.50. The number of rotatable bonds is 21. The van der Waals surface area contributed by atoms with Gasteiger partial charge in [-0.15, -0.1) is 0 Å². The van der Waals surface area contributed by atoms with Gasteiger partial charge in [0.25, 0.3) is 0 Å². The minimum Gasteiger partial charge on any atom is -0.481 e. The summed E-state index contributed by atoms with van der Waals surface area (Å²) in [6.45, 7) is 2.21. The maximum Gasteiger partial charge on any atom is 0.303 e. The quantitative estimate of drug-likeness (QED) is 0.0829. The van der Waals surface area contributed by atoms with Crippen LogP contribution in [0.15, 0.2) is 48.6 Å². The third-order valence-electron chi connectivity index (χ3n) is 5.47. The van der Waals surface area contributed by atoms with Crippen molar-refractivity contribution in [1.82, 2.24) is 0 Å². The Hall–Kier alpha value is -2.70. The summed E-state index contributed by atoms with van der Waals surface area (Å²) in [5.74, 6) is -2.23. The van der Waals surface area contributed by atoms with Crippen molar-refractivity contribution < 1.29 is 24.7 Å². The molecule has 0 atom stereocenters.